The third-order valence-electron chi connectivity index (χ3n) is 4.34. The molecule has 0 aromatic heterocycles. The minimum absolute atomic E-state index is 0.0410. The van der Waals surface area contributed by atoms with E-state index in [4.69, 9.17) is 4.74 Å². The lowest BCUT2D eigenvalue weighted by Crippen LogP contribution is -2.50. The van der Waals surface area contributed by atoms with Crippen LogP contribution < -0.4 is 14.8 Å². The van der Waals surface area contributed by atoms with Gasteiger partial charge < -0.3 is 10.1 Å². The van der Waals surface area contributed by atoms with Crippen molar-refractivity contribution in [2.75, 3.05) is 6.61 Å². The molecule has 2 aromatic carbocycles. The predicted octanol–water partition coefficient (Wildman–Crippen LogP) is 2.89. The molecule has 0 unspecified atom stereocenters. The Labute approximate surface area is 167 Å². The van der Waals surface area contributed by atoms with E-state index < -0.39 is 16.1 Å². The molecule has 2 rings (SSSR count). The highest BCUT2D eigenvalue weighted by atomic mass is 32.2. The summed E-state index contributed by atoms with van der Waals surface area (Å²) in [6, 6.07) is 14.5. The van der Waals surface area contributed by atoms with E-state index in [9.17, 15) is 13.2 Å². The lowest BCUT2D eigenvalue weighted by molar-refractivity contribution is -0.123. The van der Waals surface area contributed by atoms with Crippen LogP contribution in [0.5, 0.6) is 5.75 Å². The maximum atomic E-state index is 12.8. The lowest BCUT2D eigenvalue weighted by atomic mass is 10.1. The first-order chi connectivity index (χ1) is 13.4. The van der Waals surface area contributed by atoms with E-state index in [0.717, 1.165) is 12.0 Å². The van der Waals surface area contributed by atoms with Gasteiger partial charge in [-0.1, -0.05) is 37.3 Å². The van der Waals surface area contributed by atoms with Crippen molar-refractivity contribution in [3.63, 3.8) is 0 Å². The third kappa shape index (κ3) is 6.35. The number of sulfonamides is 1. The van der Waals surface area contributed by atoms with E-state index in [1.165, 1.54) is 12.1 Å². The molecular formula is C21H28N2O4S. The molecule has 6 nitrogen and oxygen atoms in total. The molecule has 0 radical (unpaired) electrons. The highest BCUT2D eigenvalue weighted by Gasteiger charge is 2.26. The van der Waals surface area contributed by atoms with Gasteiger partial charge in [-0.15, -0.1) is 0 Å². The summed E-state index contributed by atoms with van der Waals surface area (Å²) in [6.45, 7) is 6.20. The molecule has 0 fully saturated rings. The van der Waals surface area contributed by atoms with Gasteiger partial charge in [0.25, 0.3) is 0 Å². The number of ether oxygens (including phenoxy) is 1. The van der Waals surface area contributed by atoms with E-state index >= 15 is 0 Å². The van der Waals surface area contributed by atoms with Gasteiger partial charge in [-0.2, -0.15) is 4.72 Å². The van der Waals surface area contributed by atoms with Gasteiger partial charge in [0.2, 0.25) is 15.9 Å². The van der Waals surface area contributed by atoms with Crippen LogP contribution in [0.4, 0.5) is 0 Å². The molecule has 7 heteroatoms. The maximum Gasteiger partial charge on any atom is 0.241 e. The molecule has 0 spiro atoms. The number of benzene rings is 2. The zero-order valence-electron chi connectivity index (χ0n) is 16.5. The number of nitrogens with one attached hydrogen (secondary N) is 2. The van der Waals surface area contributed by atoms with Gasteiger partial charge in [-0.05, 0) is 56.5 Å². The summed E-state index contributed by atoms with van der Waals surface area (Å²) < 4.78 is 33.6. The molecule has 0 aliphatic carbocycles. The summed E-state index contributed by atoms with van der Waals surface area (Å²) in [5.41, 5.74) is 0.876. The number of carbonyl (C=O) groups is 1. The molecule has 0 bridgehead atoms. The quantitative estimate of drug-likeness (QED) is 0.638. The first-order valence-electron chi connectivity index (χ1n) is 9.45. The summed E-state index contributed by atoms with van der Waals surface area (Å²) in [5, 5.41) is 2.86. The number of hydrogen-bond donors (Lipinski definition) is 2. The van der Waals surface area contributed by atoms with Crippen LogP contribution in [0.2, 0.25) is 0 Å². The van der Waals surface area contributed by atoms with Gasteiger partial charge in [0.15, 0.2) is 0 Å². The summed E-state index contributed by atoms with van der Waals surface area (Å²) in [6.07, 6.45) is 1.02. The van der Waals surface area contributed by atoms with Crippen molar-refractivity contribution in [3.8, 4) is 5.75 Å². The van der Waals surface area contributed by atoms with Gasteiger partial charge in [-0.25, -0.2) is 8.42 Å². The fourth-order valence-corrected chi connectivity index (χ4v) is 3.82. The molecule has 1 amide bonds. The Hall–Kier alpha value is -2.38. The van der Waals surface area contributed by atoms with Crippen molar-refractivity contribution in [3.05, 3.63) is 60.2 Å². The lowest BCUT2D eigenvalue weighted by Gasteiger charge is -2.21. The Kier molecular flexibility index (Phi) is 8.02. The van der Waals surface area contributed by atoms with Crippen molar-refractivity contribution in [1.29, 1.82) is 0 Å². The summed E-state index contributed by atoms with van der Waals surface area (Å²) in [5.74, 6) is 0.254. The van der Waals surface area contributed by atoms with Crippen molar-refractivity contribution >= 4 is 15.9 Å². The van der Waals surface area contributed by atoms with E-state index in [-0.39, 0.29) is 23.3 Å². The highest BCUT2D eigenvalue weighted by Crippen LogP contribution is 2.17. The second kappa shape index (κ2) is 10.2. The predicted molar refractivity (Wildman–Crippen MR) is 110 cm³/mol. The Morgan fingerprint density at radius 1 is 1.04 bits per heavy atom. The maximum absolute atomic E-state index is 12.8. The first kappa shape index (κ1) is 21.9. The Morgan fingerprint density at radius 2 is 1.68 bits per heavy atom. The Bertz CT molecular complexity index is 852. The van der Waals surface area contributed by atoms with Crippen LogP contribution >= 0.6 is 0 Å². The standard InChI is InChI=1S/C21H28N2O4S/c1-4-16(3)22-21(24)20(15-17-9-7-6-8-10-17)23-28(25,26)19-13-11-18(12-14-19)27-5-2/h6-14,16,20,23H,4-5,15H2,1-3H3,(H,22,24)/t16-,20-/m0/s1. The molecule has 0 saturated heterocycles. The normalized spacial score (nSPS) is 13.5. The van der Waals surface area contributed by atoms with Crippen LogP contribution in [0.3, 0.4) is 0 Å². The van der Waals surface area contributed by atoms with E-state index in [1.807, 2.05) is 51.1 Å². The van der Waals surface area contributed by atoms with Gasteiger partial charge in [0.1, 0.15) is 11.8 Å². The molecule has 152 valence electrons. The second-order valence-corrected chi connectivity index (χ2v) is 8.30. The van der Waals surface area contributed by atoms with Crippen LogP contribution in [0.15, 0.2) is 59.5 Å². The van der Waals surface area contributed by atoms with Gasteiger partial charge in [0, 0.05) is 6.04 Å². The monoisotopic (exact) mass is 404 g/mol. The third-order valence-corrected chi connectivity index (χ3v) is 5.83. The molecule has 2 N–H and O–H groups in total. The zero-order chi connectivity index (χ0) is 20.6. The SMILES string of the molecule is CCOc1ccc(S(=O)(=O)N[C@@H](Cc2ccccc2)C(=O)N[C@@H](C)CC)cc1. The van der Waals surface area contributed by atoms with E-state index in [2.05, 4.69) is 10.0 Å². The van der Waals surface area contributed by atoms with E-state index in [0.29, 0.717) is 12.4 Å². The fourth-order valence-electron chi connectivity index (χ4n) is 2.62. The number of carbonyl (C=O) groups excluding carboxylic acids is 1. The van der Waals surface area contributed by atoms with E-state index in [1.54, 1.807) is 12.1 Å². The smallest absolute Gasteiger partial charge is 0.241 e. The minimum Gasteiger partial charge on any atom is -0.494 e. The van der Waals surface area contributed by atoms with Gasteiger partial charge in [0.05, 0.1) is 11.5 Å². The van der Waals surface area contributed by atoms with Crippen LogP contribution in [0.1, 0.15) is 32.8 Å². The molecule has 0 aliphatic rings. The van der Waals surface area contributed by atoms with Crippen LogP contribution in [-0.2, 0) is 21.2 Å². The molecule has 28 heavy (non-hydrogen) atoms. The summed E-state index contributed by atoms with van der Waals surface area (Å²) in [7, 11) is -3.87. The molecule has 0 aliphatic heterocycles. The molecule has 2 atom stereocenters. The number of rotatable bonds is 10. The second-order valence-electron chi connectivity index (χ2n) is 6.59. The average molecular weight is 405 g/mol. The van der Waals surface area contributed by atoms with Crippen molar-refractivity contribution in [2.45, 2.75) is 50.6 Å². The largest absolute Gasteiger partial charge is 0.494 e. The van der Waals surface area contributed by atoms with Crippen LogP contribution in [0, 0.1) is 0 Å². The Morgan fingerprint density at radius 3 is 2.25 bits per heavy atom. The molecular weight excluding hydrogens is 376 g/mol. The molecule has 2 aromatic rings. The number of amides is 1. The highest BCUT2D eigenvalue weighted by molar-refractivity contribution is 7.89. The topological polar surface area (TPSA) is 84.5 Å². The van der Waals surface area contributed by atoms with Crippen LogP contribution in [-0.4, -0.2) is 33.0 Å². The Balaban J connectivity index is 2.22. The first-order valence-corrected chi connectivity index (χ1v) is 10.9. The number of hydrogen-bond acceptors (Lipinski definition) is 4. The van der Waals surface area contributed by atoms with Crippen molar-refractivity contribution < 1.29 is 17.9 Å². The van der Waals surface area contributed by atoms with Crippen molar-refractivity contribution in [2.24, 2.45) is 0 Å². The average Bonchev–Trinajstić information content (AvgIpc) is 2.68. The van der Waals surface area contributed by atoms with Crippen LogP contribution in [0.25, 0.3) is 0 Å². The van der Waals surface area contributed by atoms with Gasteiger partial charge in [-0.3, -0.25) is 4.79 Å². The van der Waals surface area contributed by atoms with Crippen molar-refractivity contribution in [1.82, 2.24) is 10.0 Å². The molecule has 0 heterocycles. The molecule has 0 saturated carbocycles. The zero-order valence-corrected chi connectivity index (χ0v) is 17.3. The minimum atomic E-state index is -3.87. The van der Waals surface area contributed by atoms with Gasteiger partial charge >= 0.3 is 0 Å². The summed E-state index contributed by atoms with van der Waals surface area (Å²) >= 11 is 0. The summed E-state index contributed by atoms with van der Waals surface area (Å²) in [4.78, 5) is 12.8. The fraction of sp³-hybridized carbons (Fsp3) is 0.381.